The molecule has 3 rings (SSSR count). The average Bonchev–Trinajstić information content (AvgIpc) is 3.01. The molecular formula is C18H16N2O3. The van der Waals surface area contributed by atoms with Crippen LogP contribution in [0.3, 0.4) is 0 Å². The van der Waals surface area contributed by atoms with Crippen LogP contribution in [0.4, 0.5) is 0 Å². The maximum absolute atomic E-state index is 11.6. The van der Waals surface area contributed by atoms with Gasteiger partial charge in [0.1, 0.15) is 5.75 Å². The van der Waals surface area contributed by atoms with Crippen LogP contribution in [0.5, 0.6) is 5.75 Å². The second-order valence-corrected chi connectivity index (χ2v) is 5.17. The number of aromatic carboxylic acids is 1. The van der Waals surface area contributed by atoms with Gasteiger partial charge in [-0.25, -0.2) is 9.48 Å². The van der Waals surface area contributed by atoms with Crippen molar-refractivity contribution in [1.82, 2.24) is 9.78 Å². The number of benzene rings is 2. The van der Waals surface area contributed by atoms with Crippen LogP contribution in [0.1, 0.15) is 16.1 Å². The molecule has 5 heteroatoms. The van der Waals surface area contributed by atoms with E-state index in [1.807, 2.05) is 55.5 Å². The van der Waals surface area contributed by atoms with Crippen LogP contribution < -0.4 is 4.74 Å². The summed E-state index contributed by atoms with van der Waals surface area (Å²) in [5.74, 6) is -0.378. The highest BCUT2D eigenvalue weighted by atomic mass is 16.5. The summed E-state index contributed by atoms with van der Waals surface area (Å²) in [5, 5.41) is 13.9. The van der Waals surface area contributed by atoms with Crippen LogP contribution >= 0.6 is 0 Å². The number of carbonyl (C=O) groups is 1. The van der Waals surface area contributed by atoms with Gasteiger partial charge in [0.05, 0.1) is 18.5 Å². The van der Waals surface area contributed by atoms with E-state index in [1.54, 1.807) is 13.2 Å². The Kier molecular flexibility index (Phi) is 3.85. The molecule has 0 bridgehead atoms. The molecule has 0 saturated carbocycles. The summed E-state index contributed by atoms with van der Waals surface area (Å²) in [6, 6.07) is 16.5. The van der Waals surface area contributed by atoms with Crippen molar-refractivity contribution < 1.29 is 14.6 Å². The molecule has 0 saturated heterocycles. The Hall–Kier alpha value is -3.08. The number of para-hydroxylation sites is 1. The van der Waals surface area contributed by atoms with E-state index < -0.39 is 5.97 Å². The van der Waals surface area contributed by atoms with Gasteiger partial charge in [-0.3, -0.25) is 0 Å². The number of hydrogen-bond acceptors (Lipinski definition) is 3. The molecule has 0 aliphatic heterocycles. The number of methoxy groups -OCH3 is 1. The largest absolute Gasteiger partial charge is 0.496 e. The number of aromatic nitrogens is 2. The van der Waals surface area contributed by atoms with Crippen LogP contribution in [0.25, 0.3) is 16.9 Å². The highest BCUT2D eigenvalue weighted by Crippen LogP contribution is 2.30. The van der Waals surface area contributed by atoms with Crippen LogP contribution in [0.2, 0.25) is 0 Å². The van der Waals surface area contributed by atoms with E-state index in [1.165, 1.54) is 4.68 Å². The summed E-state index contributed by atoms with van der Waals surface area (Å²) in [7, 11) is 1.58. The lowest BCUT2D eigenvalue weighted by molar-refractivity contribution is 0.0687. The van der Waals surface area contributed by atoms with Gasteiger partial charge in [-0.2, -0.15) is 5.10 Å². The first-order valence-corrected chi connectivity index (χ1v) is 7.14. The maximum atomic E-state index is 11.6. The highest BCUT2D eigenvalue weighted by Gasteiger charge is 2.18. The van der Waals surface area contributed by atoms with Crippen molar-refractivity contribution in [3.8, 4) is 22.7 Å². The van der Waals surface area contributed by atoms with Gasteiger partial charge in [-0.15, -0.1) is 0 Å². The Morgan fingerprint density at radius 2 is 1.83 bits per heavy atom. The van der Waals surface area contributed by atoms with Gasteiger partial charge in [0.25, 0.3) is 0 Å². The summed E-state index contributed by atoms with van der Waals surface area (Å²) < 4.78 is 6.77. The highest BCUT2D eigenvalue weighted by molar-refractivity contribution is 5.88. The average molecular weight is 308 g/mol. The van der Waals surface area contributed by atoms with Crippen molar-refractivity contribution in [3.05, 3.63) is 65.9 Å². The molecule has 1 aromatic heterocycles. The lowest BCUT2D eigenvalue weighted by Gasteiger charge is -2.06. The van der Waals surface area contributed by atoms with Gasteiger partial charge in [0, 0.05) is 5.56 Å². The third kappa shape index (κ3) is 2.81. The van der Waals surface area contributed by atoms with Gasteiger partial charge in [0.15, 0.2) is 5.69 Å². The molecule has 0 atom stereocenters. The minimum Gasteiger partial charge on any atom is -0.496 e. The van der Waals surface area contributed by atoms with Crippen molar-refractivity contribution in [2.45, 2.75) is 6.92 Å². The predicted octanol–water partition coefficient (Wildman–Crippen LogP) is 3.55. The molecular weight excluding hydrogens is 292 g/mol. The Morgan fingerprint density at radius 1 is 1.13 bits per heavy atom. The van der Waals surface area contributed by atoms with Crippen LogP contribution in [0.15, 0.2) is 54.6 Å². The summed E-state index contributed by atoms with van der Waals surface area (Å²) >= 11 is 0. The van der Waals surface area contributed by atoms with Gasteiger partial charge >= 0.3 is 5.97 Å². The lowest BCUT2D eigenvalue weighted by Crippen LogP contribution is -2.07. The topological polar surface area (TPSA) is 64.3 Å². The first-order chi connectivity index (χ1) is 11.1. The number of aryl methyl sites for hydroxylation is 1. The first-order valence-electron chi connectivity index (χ1n) is 7.14. The molecule has 0 spiro atoms. The molecule has 0 fully saturated rings. The van der Waals surface area contributed by atoms with Crippen LogP contribution in [0, 0.1) is 6.92 Å². The lowest BCUT2D eigenvalue weighted by atomic mass is 10.1. The van der Waals surface area contributed by atoms with E-state index >= 15 is 0 Å². The fourth-order valence-corrected chi connectivity index (χ4v) is 2.40. The summed E-state index contributed by atoms with van der Waals surface area (Å²) in [6.45, 7) is 1.98. The number of carboxylic acids is 1. The van der Waals surface area contributed by atoms with Gasteiger partial charge in [0.2, 0.25) is 0 Å². The third-order valence-electron chi connectivity index (χ3n) is 3.59. The molecule has 2 aromatic carbocycles. The maximum Gasteiger partial charge on any atom is 0.354 e. The fraction of sp³-hybridized carbons (Fsp3) is 0.111. The third-order valence-corrected chi connectivity index (χ3v) is 3.59. The molecule has 1 heterocycles. The van der Waals surface area contributed by atoms with E-state index in [-0.39, 0.29) is 5.69 Å². The molecule has 0 aliphatic carbocycles. The van der Waals surface area contributed by atoms with Crippen molar-refractivity contribution >= 4 is 5.97 Å². The van der Waals surface area contributed by atoms with Crippen molar-refractivity contribution in [1.29, 1.82) is 0 Å². The van der Waals surface area contributed by atoms with Crippen LogP contribution in [-0.2, 0) is 0 Å². The number of nitrogens with zero attached hydrogens (tertiary/aromatic N) is 2. The zero-order valence-electron chi connectivity index (χ0n) is 12.9. The number of hydrogen-bond donors (Lipinski definition) is 1. The molecule has 0 unspecified atom stereocenters. The first kappa shape index (κ1) is 14.8. The SMILES string of the molecule is COc1ccccc1-c1cc(C(=O)O)n(-c2ccc(C)cc2)n1. The molecule has 5 nitrogen and oxygen atoms in total. The fourth-order valence-electron chi connectivity index (χ4n) is 2.40. The summed E-state index contributed by atoms with van der Waals surface area (Å²) in [5.41, 5.74) is 3.22. The van der Waals surface area contributed by atoms with Crippen molar-refractivity contribution in [3.63, 3.8) is 0 Å². The van der Waals surface area contributed by atoms with E-state index in [4.69, 9.17) is 4.74 Å². The van der Waals surface area contributed by atoms with Gasteiger partial charge in [-0.05, 0) is 37.3 Å². The molecule has 23 heavy (non-hydrogen) atoms. The Balaban J connectivity index is 2.16. The van der Waals surface area contributed by atoms with Gasteiger partial charge in [-0.1, -0.05) is 29.8 Å². The van der Waals surface area contributed by atoms with E-state index in [0.29, 0.717) is 17.1 Å². The number of carboxylic acid groups (broad SMARTS) is 1. The molecule has 0 aliphatic rings. The zero-order chi connectivity index (χ0) is 16.4. The monoisotopic (exact) mass is 308 g/mol. The van der Waals surface area contributed by atoms with E-state index in [2.05, 4.69) is 5.10 Å². The quantitative estimate of drug-likeness (QED) is 0.800. The van der Waals surface area contributed by atoms with E-state index in [0.717, 1.165) is 11.1 Å². The molecule has 3 aromatic rings. The minimum absolute atomic E-state index is 0.106. The number of rotatable bonds is 4. The molecule has 1 N–H and O–H groups in total. The summed E-state index contributed by atoms with van der Waals surface area (Å²) in [4.78, 5) is 11.6. The second kappa shape index (κ2) is 5.96. The van der Waals surface area contributed by atoms with Gasteiger partial charge < -0.3 is 9.84 Å². The van der Waals surface area contributed by atoms with Crippen LogP contribution in [-0.4, -0.2) is 28.0 Å². The standard InChI is InChI=1S/C18H16N2O3/c1-12-7-9-13(10-8-12)20-16(18(21)22)11-15(19-20)14-5-3-4-6-17(14)23-2/h3-11H,1-2H3,(H,21,22). The smallest absolute Gasteiger partial charge is 0.354 e. The van der Waals surface area contributed by atoms with Crippen molar-refractivity contribution in [2.75, 3.05) is 7.11 Å². The Labute approximate surface area is 133 Å². The molecule has 0 amide bonds. The van der Waals surface area contributed by atoms with Crippen molar-refractivity contribution in [2.24, 2.45) is 0 Å². The van der Waals surface area contributed by atoms with E-state index in [9.17, 15) is 9.90 Å². The number of ether oxygens (including phenoxy) is 1. The Morgan fingerprint density at radius 3 is 2.48 bits per heavy atom. The Bertz CT molecular complexity index is 851. The zero-order valence-corrected chi connectivity index (χ0v) is 12.9. The molecule has 116 valence electrons. The summed E-state index contributed by atoms with van der Waals surface area (Å²) in [6.07, 6.45) is 0. The molecule has 0 radical (unpaired) electrons. The predicted molar refractivity (Wildman–Crippen MR) is 87.2 cm³/mol. The normalized spacial score (nSPS) is 10.5. The second-order valence-electron chi connectivity index (χ2n) is 5.17. The minimum atomic E-state index is -1.03.